The molecule has 8 rings (SSSR count). The lowest BCUT2D eigenvalue weighted by molar-refractivity contribution is 0.731. The third kappa shape index (κ3) is 5.46. The van der Waals surface area contributed by atoms with E-state index >= 15 is 0 Å². The minimum atomic E-state index is -0.551. The van der Waals surface area contributed by atoms with Crippen molar-refractivity contribution in [2.75, 3.05) is 5.32 Å². The molecule has 49 heavy (non-hydrogen) atoms. The Kier molecular flexibility index (Phi) is 7.40. The van der Waals surface area contributed by atoms with E-state index in [4.69, 9.17) is 15.0 Å². The van der Waals surface area contributed by atoms with E-state index in [-0.39, 0.29) is 5.92 Å². The van der Waals surface area contributed by atoms with E-state index in [1.54, 1.807) is 12.1 Å². The molecule has 232 valence electrons. The molecular formula is C43H30N6. The Morgan fingerprint density at radius 2 is 1.41 bits per heavy atom. The molecule has 1 N–H and O–H groups in total. The van der Waals surface area contributed by atoms with Gasteiger partial charge in [-0.15, -0.1) is 0 Å². The third-order valence-electron chi connectivity index (χ3n) is 9.31. The Morgan fingerprint density at radius 3 is 2.12 bits per heavy atom. The van der Waals surface area contributed by atoms with Crippen LogP contribution in [0.3, 0.4) is 0 Å². The number of aliphatic imine (C=N–C) groups is 1. The van der Waals surface area contributed by atoms with Crippen LogP contribution in [0, 0.1) is 28.6 Å². The summed E-state index contributed by atoms with van der Waals surface area (Å²) in [6.45, 7) is 2.19. The van der Waals surface area contributed by atoms with Crippen LogP contribution in [-0.4, -0.2) is 15.7 Å². The average molecular weight is 631 g/mol. The van der Waals surface area contributed by atoms with Crippen molar-refractivity contribution in [2.45, 2.75) is 18.9 Å². The van der Waals surface area contributed by atoms with Crippen LogP contribution in [0.15, 0.2) is 145 Å². The number of anilines is 1. The van der Waals surface area contributed by atoms with Crippen LogP contribution >= 0.6 is 0 Å². The zero-order valence-corrected chi connectivity index (χ0v) is 26.8. The molecule has 1 aromatic heterocycles. The summed E-state index contributed by atoms with van der Waals surface area (Å²) in [5.41, 5.74) is 11.9. The molecular weight excluding hydrogens is 601 g/mol. The number of nitrogens with zero attached hydrogens (tertiary/aromatic N) is 5. The smallest absolute Gasteiger partial charge is 0.103 e. The fourth-order valence-corrected chi connectivity index (χ4v) is 6.63. The van der Waals surface area contributed by atoms with Crippen molar-refractivity contribution in [3.63, 3.8) is 0 Å². The fraction of sp³-hybridized carbons (Fsp3) is 0.0930. The summed E-state index contributed by atoms with van der Waals surface area (Å²) >= 11 is 0. The Balaban J connectivity index is 1.22. The quantitative estimate of drug-likeness (QED) is 0.204. The molecule has 0 spiro atoms. The minimum Gasteiger partial charge on any atom is -0.369 e. The van der Waals surface area contributed by atoms with Crippen LogP contribution < -0.4 is 5.32 Å². The molecule has 2 atom stereocenters. The van der Waals surface area contributed by atoms with Gasteiger partial charge in [-0.25, -0.2) is 15.0 Å². The van der Waals surface area contributed by atoms with E-state index < -0.39 is 5.54 Å². The minimum absolute atomic E-state index is 0.148. The number of allylic oxidation sites excluding steroid dienone is 4. The lowest BCUT2D eigenvalue weighted by Gasteiger charge is -2.38. The number of hydrogen-bond acceptors (Lipinski definition) is 6. The van der Waals surface area contributed by atoms with Crippen molar-refractivity contribution in [2.24, 2.45) is 10.9 Å². The van der Waals surface area contributed by atoms with Crippen LogP contribution in [0.2, 0.25) is 0 Å². The highest BCUT2D eigenvalue weighted by atomic mass is 15.1. The van der Waals surface area contributed by atoms with Crippen LogP contribution in [0.4, 0.5) is 11.4 Å². The Bertz CT molecular complexity index is 2410. The lowest BCUT2D eigenvalue weighted by atomic mass is 9.81. The van der Waals surface area contributed by atoms with Gasteiger partial charge in [0.25, 0.3) is 0 Å². The molecule has 1 aliphatic carbocycles. The maximum atomic E-state index is 9.40. The van der Waals surface area contributed by atoms with Crippen molar-refractivity contribution in [3.05, 3.63) is 162 Å². The number of hydrogen-bond donors (Lipinski definition) is 1. The van der Waals surface area contributed by atoms with Crippen LogP contribution in [0.25, 0.3) is 39.0 Å². The Morgan fingerprint density at radius 1 is 0.714 bits per heavy atom. The average Bonchev–Trinajstić information content (AvgIpc) is 3.17. The molecule has 6 aromatic rings. The highest BCUT2D eigenvalue weighted by molar-refractivity contribution is 6.13. The molecule has 2 unspecified atom stereocenters. The molecule has 2 aliphatic rings. The Hall–Kier alpha value is -6.63. The molecule has 0 saturated carbocycles. The van der Waals surface area contributed by atoms with Gasteiger partial charge < -0.3 is 5.32 Å². The second-order valence-corrected chi connectivity index (χ2v) is 12.5. The van der Waals surface area contributed by atoms with Gasteiger partial charge in [0.15, 0.2) is 0 Å². The summed E-state index contributed by atoms with van der Waals surface area (Å²) in [6.07, 6.45) is 6.57. The van der Waals surface area contributed by atoms with Crippen molar-refractivity contribution in [3.8, 4) is 34.5 Å². The first kappa shape index (κ1) is 29.8. The molecule has 0 radical (unpaired) electrons. The van der Waals surface area contributed by atoms with Gasteiger partial charge >= 0.3 is 0 Å². The van der Waals surface area contributed by atoms with E-state index in [9.17, 15) is 10.5 Å². The van der Waals surface area contributed by atoms with Gasteiger partial charge in [0, 0.05) is 5.56 Å². The van der Waals surface area contributed by atoms with Gasteiger partial charge in [0.1, 0.15) is 5.54 Å². The zero-order valence-electron chi connectivity index (χ0n) is 26.8. The summed E-state index contributed by atoms with van der Waals surface area (Å²) in [5.74, 6) is -0.148. The number of benzene rings is 5. The summed E-state index contributed by atoms with van der Waals surface area (Å²) in [5, 5.41) is 22.6. The molecule has 2 heterocycles. The summed E-state index contributed by atoms with van der Waals surface area (Å²) in [6, 6.07) is 45.2. The monoisotopic (exact) mass is 630 g/mol. The number of aromatic nitrogens is 2. The molecule has 1 aliphatic heterocycles. The molecule has 5 aromatic carbocycles. The third-order valence-corrected chi connectivity index (χ3v) is 9.31. The van der Waals surface area contributed by atoms with Gasteiger partial charge in [0.05, 0.1) is 63.1 Å². The standard InChI is InChI=1S/C43H30N6/c1-43(35-10-6-3-7-11-35)42(32-8-4-2-5-9-32)48-37-23-21-34(25-39(37)49-43)33-20-22-36-38(24-33)47-41(31-18-14-29(27-45)15-19-31)40(46-36)30-16-12-28(26-44)13-17-30/h2-12,14-25,28,49H,13H2,1H3. The molecule has 0 fully saturated rings. The van der Waals surface area contributed by atoms with Gasteiger partial charge in [-0.05, 0) is 77.6 Å². The predicted octanol–water partition coefficient (Wildman–Crippen LogP) is 9.78. The van der Waals surface area contributed by atoms with Crippen molar-refractivity contribution < 1.29 is 0 Å². The van der Waals surface area contributed by atoms with Gasteiger partial charge in [-0.3, -0.25) is 0 Å². The van der Waals surface area contributed by atoms with Crippen molar-refractivity contribution in [1.82, 2.24) is 9.97 Å². The van der Waals surface area contributed by atoms with E-state index in [1.807, 2.05) is 54.6 Å². The van der Waals surface area contributed by atoms with Crippen LogP contribution in [0.5, 0.6) is 0 Å². The number of rotatable bonds is 5. The van der Waals surface area contributed by atoms with Gasteiger partial charge in [-0.2, -0.15) is 10.5 Å². The normalized spacial score (nSPS) is 18.0. The van der Waals surface area contributed by atoms with E-state index in [2.05, 4.69) is 97.2 Å². The maximum absolute atomic E-state index is 9.40. The largest absolute Gasteiger partial charge is 0.369 e. The van der Waals surface area contributed by atoms with Crippen molar-refractivity contribution >= 4 is 33.7 Å². The van der Waals surface area contributed by atoms with Crippen LogP contribution in [0.1, 0.15) is 35.7 Å². The number of fused-ring (bicyclic) bond motifs is 2. The highest BCUT2D eigenvalue weighted by Gasteiger charge is 2.37. The molecule has 0 amide bonds. The molecule has 0 bridgehead atoms. The molecule has 6 heteroatoms. The van der Waals surface area contributed by atoms with Crippen molar-refractivity contribution in [1.29, 1.82) is 10.5 Å². The zero-order chi connectivity index (χ0) is 33.4. The summed E-state index contributed by atoms with van der Waals surface area (Å²) in [4.78, 5) is 15.5. The van der Waals surface area contributed by atoms with Gasteiger partial charge in [0.2, 0.25) is 0 Å². The molecule has 0 saturated heterocycles. The van der Waals surface area contributed by atoms with E-state index in [0.717, 1.165) is 72.9 Å². The van der Waals surface area contributed by atoms with E-state index in [1.165, 1.54) is 0 Å². The van der Waals surface area contributed by atoms with Gasteiger partial charge in [-0.1, -0.05) is 103 Å². The summed E-state index contributed by atoms with van der Waals surface area (Å²) in [7, 11) is 0. The van der Waals surface area contributed by atoms with Crippen LogP contribution in [-0.2, 0) is 5.54 Å². The first-order valence-corrected chi connectivity index (χ1v) is 16.3. The first-order chi connectivity index (χ1) is 24.0. The first-order valence-electron chi connectivity index (χ1n) is 16.3. The highest BCUT2D eigenvalue weighted by Crippen LogP contribution is 2.43. The second kappa shape index (κ2) is 12.2. The maximum Gasteiger partial charge on any atom is 0.103 e. The Labute approximate surface area is 285 Å². The topological polar surface area (TPSA) is 97.8 Å². The van der Waals surface area contributed by atoms with E-state index in [0.29, 0.717) is 12.0 Å². The summed E-state index contributed by atoms with van der Waals surface area (Å²) < 4.78 is 0. The number of nitriles is 2. The fourth-order valence-electron chi connectivity index (χ4n) is 6.63. The predicted molar refractivity (Wildman–Crippen MR) is 196 cm³/mol. The second-order valence-electron chi connectivity index (χ2n) is 12.5. The SMILES string of the molecule is CC1(c2ccccc2)Nc2cc(-c3ccc4nc(C5=CCC(C#N)C=C5)c(-c5ccc(C#N)cc5)nc4c3)ccc2N=C1c1ccccc1. The molecule has 6 nitrogen and oxygen atoms in total. The lowest BCUT2D eigenvalue weighted by Crippen LogP contribution is -2.42. The number of nitrogens with one attached hydrogen (secondary N) is 1.